The van der Waals surface area contributed by atoms with E-state index in [4.69, 9.17) is 0 Å². The van der Waals surface area contributed by atoms with E-state index < -0.39 is 6.43 Å². The van der Waals surface area contributed by atoms with E-state index in [1.165, 1.54) is 12.8 Å². The molecule has 1 fully saturated rings. The Labute approximate surface area is 79.1 Å². The van der Waals surface area contributed by atoms with Crippen molar-refractivity contribution in [2.24, 2.45) is 11.8 Å². The summed E-state index contributed by atoms with van der Waals surface area (Å²) in [5.41, 5.74) is 0. The number of hydrogen-bond donors (Lipinski definition) is 0. The van der Waals surface area contributed by atoms with Crippen molar-refractivity contribution in [2.75, 3.05) is 19.6 Å². The lowest BCUT2D eigenvalue weighted by molar-refractivity contribution is 0.00522. The number of hydrogen-bond acceptors (Lipinski definition) is 1. The zero-order valence-electron chi connectivity index (χ0n) is 8.47. The molecule has 1 aliphatic heterocycles. The lowest BCUT2D eigenvalue weighted by Crippen LogP contribution is -2.50. The second-order valence-corrected chi connectivity index (χ2v) is 4.14. The molecule has 1 nitrogen and oxygen atoms in total. The standard InChI is InChI=1S/C10H19F2N/c1-3-4-8(2)9-5-13(6-9)7-10(11)12/h8-10H,3-7H2,1-2H3. The fourth-order valence-corrected chi connectivity index (χ4v) is 2.01. The Kier molecular flexibility index (Phi) is 4.10. The maximum absolute atomic E-state index is 11.9. The van der Waals surface area contributed by atoms with E-state index in [-0.39, 0.29) is 6.54 Å². The van der Waals surface area contributed by atoms with E-state index in [2.05, 4.69) is 13.8 Å². The van der Waals surface area contributed by atoms with Crippen LogP contribution in [0.5, 0.6) is 0 Å². The van der Waals surface area contributed by atoms with E-state index in [0.717, 1.165) is 13.1 Å². The van der Waals surface area contributed by atoms with Crippen molar-refractivity contribution in [3.8, 4) is 0 Å². The van der Waals surface area contributed by atoms with Crippen LogP contribution >= 0.6 is 0 Å². The summed E-state index contributed by atoms with van der Waals surface area (Å²) in [4.78, 5) is 1.85. The Morgan fingerprint density at radius 2 is 2.00 bits per heavy atom. The molecule has 78 valence electrons. The minimum Gasteiger partial charge on any atom is -0.297 e. The van der Waals surface area contributed by atoms with Crippen molar-refractivity contribution in [1.82, 2.24) is 4.90 Å². The monoisotopic (exact) mass is 191 g/mol. The largest absolute Gasteiger partial charge is 0.297 e. The SMILES string of the molecule is CCCC(C)C1CN(CC(F)F)C1. The van der Waals surface area contributed by atoms with Crippen molar-refractivity contribution in [2.45, 2.75) is 33.1 Å². The molecule has 0 amide bonds. The Morgan fingerprint density at radius 1 is 1.38 bits per heavy atom. The molecule has 1 aliphatic rings. The first-order chi connectivity index (χ1) is 6.13. The quantitative estimate of drug-likeness (QED) is 0.645. The lowest BCUT2D eigenvalue weighted by Gasteiger charge is -2.42. The summed E-state index contributed by atoms with van der Waals surface area (Å²) in [5, 5.41) is 0. The maximum Gasteiger partial charge on any atom is 0.251 e. The highest BCUT2D eigenvalue weighted by Gasteiger charge is 2.31. The van der Waals surface area contributed by atoms with Crippen molar-refractivity contribution in [3.63, 3.8) is 0 Å². The molecule has 0 radical (unpaired) electrons. The molecule has 0 aromatic heterocycles. The molecule has 0 bridgehead atoms. The van der Waals surface area contributed by atoms with E-state index in [9.17, 15) is 8.78 Å². The number of rotatable bonds is 5. The predicted molar refractivity (Wildman–Crippen MR) is 50.0 cm³/mol. The minimum atomic E-state index is -2.16. The highest BCUT2D eigenvalue weighted by molar-refractivity contribution is 4.83. The van der Waals surface area contributed by atoms with Crippen LogP contribution in [0.3, 0.4) is 0 Å². The van der Waals surface area contributed by atoms with E-state index in [1.54, 1.807) is 0 Å². The summed E-state index contributed by atoms with van der Waals surface area (Å²) in [6.45, 7) is 6.13. The first-order valence-electron chi connectivity index (χ1n) is 5.14. The van der Waals surface area contributed by atoms with Gasteiger partial charge in [-0.15, -0.1) is 0 Å². The Hall–Kier alpha value is -0.180. The number of alkyl halides is 2. The fraction of sp³-hybridized carbons (Fsp3) is 1.00. The molecule has 1 rings (SSSR count). The minimum absolute atomic E-state index is 0.0324. The molecule has 0 aromatic rings. The molecule has 3 heteroatoms. The molecule has 0 aliphatic carbocycles. The Bertz CT molecular complexity index is 144. The molecule has 1 unspecified atom stereocenters. The molecule has 13 heavy (non-hydrogen) atoms. The van der Waals surface area contributed by atoms with E-state index in [0.29, 0.717) is 11.8 Å². The molecular formula is C10H19F2N. The first-order valence-corrected chi connectivity index (χ1v) is 5.14. The molecule has 0 aromatic carbocycles. The normalized spacial score (nSPS) is 21.9. The van der Waals surface area contributed by atoms with Crippen LogP contribution in [0.15, 0.2) is 0 Å². The van der Waals surface area contributed by atoms with Gasteiger partial charge in [-0.2, -0.15) is 0 Å². The third kappa shape index (κ3) is 3.22. The molecular weight excluding hydrogens is 172 g/mol. The summed E-state index contributed by atoms with van der Waals surface area (Å²) < 4.78 is 23.9. The Balaban J connectivity index is 2.10. The van der Waals surface area contributed by atoms with Crippen LogP contribution in [-0.4, -0.2) is 31.0 Å². The second-order valence-electron chi connectivity index (χ2n) is 4.14. The van der Waals surface area contributed by atoms with Gasteiger partial charge in [-0.25, -0.2) is 8.78 Å². The van der Waals surface area contributed by atoms with Crippen molar-refractivity contribution >= 4 is 0 Å². The van der Waals surface area contributed by atoms with Gasteiger partial charge in [0, 0.05) is 13.1 Å². The molecule has 1 saturated heterocycles. The lowest BCUT2D eigenvalue weighted by atomic mass is 9.84. The highest BCUT2D eigenvalue weighted by Crippen LogP contribution is 2.27. The van der Waals surface area contributed by atoms with Gasteiger partial charge in [0.2, 0.25) is 0 Å². The fourth-order valence-electron chi connectivity index (χ4n) is 2.01. The number of likely N-dealkylation sites (tertiary alicyclic amines) is 1. The van der Waals surface area contributed by atoms with Crippen LogP contribution in [0.4, 0.5) is 8.78 Å². The molecule has 1 atom stereocenters. The first kappa shape index (κ1) is 10.9. The Morgan fingerprint density at radius 3 is 2.46 bits per heavy atom. The van der Waals surface area contributed by atoms with Gasteiger partial charge in [-0.05, 0) is 11.8 Å². The van der Waals surface area contributed by atoms with Gasteiger partial charge in [0.05, 0.1) is 6.54 Å². The summed E-state index contributed by atoms with van der Waals surface area (Å²) in [5.74, 6) is 1.37. The van der Waals surface area contributed by atoms with Crippen LogP contribution in [0.25, 0.3) is 0 Å². The van der Waals surface area contributed by atoms with Crippen LogP contribution in [0, 0.1) is 11.8 Å². The second kappa shape index (κ2) is 4.89. The zero-order chi connectivity index (χ0) is 9.84. The maximum atomic E-state index is 11.9. The molecule has 0 saturated carbocycles. The third-order valence-electron chi connectivity index (χ3n) is 2.93. The van der Waals surface area contributed by atoms with Crippen molar-refractivity contribution in [1.29, 1.82) is 0 Å². The molecule has 0 N–H and O–H groups in total. The van der Waals surface area contributed by atoms with Gasteiger partial charge in [0.1, 0.15) is 0 Å². The molecule has 0 spiro atoms. The van der Waals surface area contributed by atoms with Crippen LogP contribution < -0.4 is 0 Å². The zero-order valence-corrected chi connectivity index (χ0v) is 8.47. The van der Waals surface area contributed by atoms with Gasteiger partial charge in [0.25, 0.3) is 6.43 Å². The summed E-state index contributed by atoms with van der Waals surface area (Å²) in [6.07, 6.45) is 0.266. The van der Waals surface area contributed by atoms with Crippen LogP contribution in [0.2, 0.25) is 0 Å². The van der Waals surface area contributed by atoms with Gasteiger partial charge in [-0.1, -0.05) is 26.7 Å². The predicted octanol–water partition coefficient (Wildman–Crippen LogP) is 2.62. The average molecular weight is 191 g/mol. The molecule has 1 heterocycles. The smallest absolute Gasteiger partial charge is 0.251 e. The van der Waals surface area contributed by atoms with E-state index >= 15 is 0 Å². The number of halogens is 2. The summed E-state index contributed by atoms with van der Waals surface area (Å²) in [7, 11) is 0. The highest BCUT2D eigenvalue weighted by atomic mass is 19.3. The third-order valence-corrected chi connectivity index (χ3v) is 2.93. The van der Waals surface area contributed by atoms with Gasteiger partial charge in [0.15, 0.2) is 0 Å². The van der Waals surface area contributed by atoms with Gasteiger partial charge >= 0.3 is 0 Å². The average Bonchev–Trinajstić information content (AvgIpc) is 1.95. The topological polar surface area (TPSA) is 3.24 Å². The van der Waals surface area contributed by atoms with Crippen molar-refractivity contribution < 1.29 is 8.78 Å². The van der Waals surface area contributed by atoms with Crippen molar-refractivity contribution in [3.05, 3.63) is 0 Å². The van der Waals surface area contributed by atoms with Crippen LogP contribution in [-0.2, 0) is 0 Å². The van der Waals surface area contributed by atoms with E-state index in [1.807, 2.05) is 4.90 Å². The van der Waals surface area contributed by atoms with Gasteiger partial charge in [-0.3, -0.25) is 4.90 Å². The summed E-state index contributed by atoms with van der Waals surface area (Å²) >= 11 is 0. The summed E-state index contributed by atoms with van der Waals surface area (Å²) in [6, 6.07) is 0. The number of nitrogens with zero attached hydrogens (tertiary/aromatic N) is 1. The van der Waals surface area contributed by atoms with Crippen LogP contribution in [0.1, 0.15) is 26.7 Å². The van der Waals surface area contributed by atoms with Gasteiger partial charge < -0.3 is 0 Å².